The van der Waals surface area contributed by atoms with E-state index in [1.54, 1.807) is 31.3 Å². The number of aryl methyl sites for hydroxylation is 1. The summed E-state index contributed by atoms with van der Waals surface area (Å²) in [5, 5.41) is 3.95. The van der Waals surface area contributed by atoms with Gasteiger partial charge in [-0.25, -0.2) is 0 Å². The molecule has 2 rings (SSSR count). The summed E-state index contributed by atoms with van der Waals surface area (Å²) in [6.45, 7) is 0.425. The Morgan fingerprint density at radius 2 is 1.94 bits per heavy atom. The molecule has 0 radical (unpaired) electrons. The number of hydrogen-bond donors (Lipinski definition) is 2. The number of aromatic nitrogens is 2. The average molecular weight is 266 g/mol. The molecular formula is C11H14N4O2S. The number of nitrogens with one attached hydrogen (secondary N) is 1. The van der Waals surface area contributed by atoms with Crippen molar-refractivity contribution < 1.29 is 8.42 Å². The van der Waals surface area contributed by atoms with E-state index in [0.29, 0.717) is 12.2 Å². The molecule has 0 amide bonds. The molecule has 1 aromatic carbocycles. The zero-order valence-corrected chi connectivity index (χ0v) is 10.7. The maximum absolute atomic E-state index is 12.0. The molecule has 0 aliphatic rings. The van der Waals surface area contributed by atoms with Gasteiger partial charge >= 0.3 is 0 Å². The molecule has 1 heterocycles. The second-order valence-electron chi connectivity index (χ2n) is 3.80. The van der Waals surface area contributed by atoms with Crippen molar-refractivity contribution in [2.75, 3.05) is 4.72 Å². The summed E-state index contributed by atoms with van der Waals surface area (Å²) in [7, 11) is -2.03. The first-order chi connectivity index (χ1) is 8.53. The molecule has 7 heteroatoms. The van der Waals surface area contributed by atoms with Crippen molar-refractivity contribution in [2.24, 2.45) is 12.8 Å². The lowest BCUT2D eigenvalue weighted by molar-refractivity contribution is 0.582. The van der Waals surface area contributed by atoms with Gasteiger partial charge in [-0.15, -0.1) is 0 Å². The molecule has 18 heavy (non-hydrogen) atoms. The summed E-state index contributed by atoms with van der Waals surface area (Å²) in [5.41, 5.74) is 6.91. The van der Waals surface area contributed by atoms with E-state index in [-0.39, 0.29) is 5.03 Å². The van der Waals surface area contributed by atoms with Gasteiger partial charge in [0.2, 0.25) is 0 Å². The highest BCUT2D eigenvalue weighted by atomic mass is 32.2. The fourth-order valence-electron chi connectivity index (χ4n) is 1.54. The molecule has 0 saturated carbocycles. The topological polar surface area (TPSA) is 90.0 Å². The molecule has 0 fully saturated rings. The Balaban J connectivity index is 2.25. The van der Waals surface area contributed by atoms with E-state index in [9.17, 15) is 8.42 Å². The maximum Gasteiger partial charge on any atom is 0.279 e. The van der Waals surface area contributed by atoms with E-state index >= 15 is 0 Å². The average Bonchev–Trinajstić information content (AvgIpc) is 2.77. The Bertz CT molecular complexity index is 631. The van der Waals surface area contributed by atoms with Gasteiger partial charge in [0.25, 0.3) is 10.0 Å². The number of sulfonamides is 1. The molecule has 0 unspecified atom stereocenters. The van der Waals surface area contributed by atoms with Crippen molar-refractivity contribution in [1.82, 2.24) is 9.78 Å². The molecule has 0 atom stereocenters. The van der Waals surface area contributed by atoms with Crippen LogP contribution in [0.1, 0.15) is 5.56 Å². The summed E-state index contributed by atoms with van der Waals surface area (Å²) in [6, 6.07) is 8.35. The first-order valence-electron chi connectivity index (χ1n) is 5.33. The van der Waals surface area contributed by atoms with E-state index in [1.807, 2.05) is 0 Å². The van der Waals surface area contributed by atoms with Crippen molar-refractivity contribution in [1.29, 1.82) is 0 Å². The monoisotopic (exact) mass is 266 g/mol. The van der Waals surface area contributed by atoms with E-state index in [1.165, 1.54) is 16.9 Å². The number of benzene rings is 1. The first-order valence-corrected chi connectivity index (χ1v) is 6.81. The van der Waals surface area contributed by atoms with Crippen LogP contribution < -0.4 is 10.5 Å². The van der Waals surface area contributed by atoms with Crippen LogP contribution in [0.15, 0.2) is 41.6 Å². The quantitative estimate of drug-likeness (QED) is 0.851. The zero-order valence-electron chi connectivity index (χ0n) is 9.87. The number of anilines is 1. The molecular weight excluding hydrogens is 252 g/mol. The number of nitrogens with zero attached hydrogens (tertiary/aromatic N) is 2. The van der Waals surface area contributed by atoms with Crippen LogP contribution in [0, 0.1) is 0 Å². The Kier molecular flexibility index (Phi) is 3.35. The van der Waals surface area contributed by atoms with Crippen molar-refractivity contribution in [3.05, 3.63) is 42.1 Å². The molecule has 6 nitrogen and oxygen atoms in total. The van der Waals surface area contributed by atoms with Crippen LogP contribution in [-0.2, 0) is 23.6 Å². The standard InChI is InChI=1S/C11H14N4O2S/c1-15-11(6-7-13-15)18(16,17)14-10-4-2-9(8-12)3-5-10/h2-7,14H,8,12H2,1H3. The summed E-state index contributed by atoms with van der Waals surface area (Å²) in [4.78, 5) is 0. The highest BCUT2D eigenvalue weighted by Gasteiger charge is 2.17. The second-order valence-corrected chi connectivity index (χ2v) is 5.43. The minimum absolute atomic E-state index is 0.116. The van der Waals surface area contributed by atoms with Crippen LogP contribution >= 0.6 is 0 Å². The van der Waals surface area contributed by atoms with Gasteiger partial charge < -0.3 is 5.73 Å². The summed E-state index contributed by atoms with van der Waals surface area (Å²) in [6.07, 6.45) is 1.44. The molecule has 0 spiro atoms. The molecule has 2 aromatic rings. The van der Waals surface area contributed by atoms with Gasteiger partial charge in [-0.05, 0) is 23.8 Å². The summed E-state index contributed by atoms with van der Waals surface area (Å²) < 4.78 is 27.9. The van der Waals surface area contributed by atoms with Crippen molar-refractivity contribution in [3.8, 4) is 0 Å². The minimum atomic E-state index is -3.60. The Morgan fingerprint density at radius 3 is 2.44 bits per heavy atom. The molecule has 0 aliphatic heterocycles. The van der Waals surface area contributed by atoms with E-state index in [2.05, 4.69) is 9.82 Å². The van der Waals surface area contributed by atoms with Crippen LogP contribution in [0.4, 0.5) is 5.69 Å². The number of rotatable bonds is 4. The van der Waals surface area contributed by atoms with Gasteiger partial charge in [0.05, 0.1) is 6.20 Å². The third kappa shape index (κ3) is 2.52. The van der Waals surface area contributed by atoms with Crippen LogP contribution in [0.25, 0.3) is 0 Å². The lowest BCUT2D eigenvalue weighted by Crippen LogP contribution is -2.16. The Hall–Kier alpha value is -1.86. The Morgan fingerprint density at radius 1 is 1.28 bits per heavy atom. The third-order valence-corrected chi connectivity index (χ3v) is 3.95. The van der Waals surface area contributed by atoms with Crippen LogP contribution in [0.2, 0.25) is 0 Å². The van der Waals surface area contributed by atoms with E-state index in [4.69, 9.17) is 5.73 Å². The van der Waals surface area contributed by atoms with Gasteiger partial charge in [-0.2, -0.15) is 13.5 Å². The van der Waals surface area contributed by atoms with E-state index in [0.717, 1.165) is 5.56 Å². The molecule has 0 saturated heterocycles. The predicted octanol–water partition coefficient (Wildman–Crippen LogP) is 0.680. The minimum Gasteiger partial charge on any atom is -0.326 e. The van der Waals surface area contributed by atoms with Gasteiger partial charge in [0.1, 0.15) is 0 Å². The van der Waals surface area contributed by atoms with Crippen LogP contribution in [-0.4, -0.2) is 18.2 Å². The van der Waals surface area contributed by atoms with Gasteiger partial charge in [0, 0.05) is 19.3 Å². The Labute approximate surface area is 105 Å². The van der Waals surface area contributed by atoms with Crippen LogP contribution in [0.5, 0.6) is 0 Å². The molecule has 96 valence electrons. The highest BCUT2D eigenvalue weighted by Crippen LogP contribution is 2.15. The van der Waals surface area contributed by atoms with Gasteiger partial charge in [-0.1, -0.05) is 12.1 Å². The fourth-order valence-corrected chi connectivity index (χ4v) is 2.73. The SMILES string of the molecule is Cn1nccc1S(=O)(=O)Nc1ccc(CN)cc1. The van der Waals surface area contributed by atoms with E-state index < -0.39 is 10.0 Å². The maximum atomic E-state index is 12.0. The first kappa shape index (κ1) is 12.6. The zero-order chi connectivity index (χ0) is 13.2. The smallest absolute Gasteiger partial charge is 0.279 e. The fraction of sp³-hybridized carbons (Fsp3) is 0.182. The van der Waals surface area contributed by atoms with Gasteiger partial charge in [0.15, 0.2) is 5.03 Å². The number of hydrogen-bond acceptors (Lipinski definition) is 4. The van der Waals surface area contributed by atoms with Crippen molar-refractivity contribution in [2.45, 2.75) is 11.6 Å². The van der Waals surface area contributed by atoms with Crippen molar-refractivity contribution >= 4 is 15.7 Å². The van der Waals surface area contributed by atoms with Crippen LogP contribution in [0.3, 0.4) is 0 Å². The summed E-state index contributed by atoms with van der Waals surface area (Å²) >= 11 is 0. The second kappa shape index (κ2) is 4.79. The normalized spacial score (nSPS) is 11.4. The lowest BCUT2D eigenvalue weighted by atomic mass is 10.2. The predicted molar refractivity (Wildman–Crippen MR) is 68.3 cm³/mol. The largest absolute Gasteiger partial charge is 0.326 e. The lowest BCUT2D eigenvalue weighted by Gasteiger charge is -2.08. The highest BCUT2D eigenvalue weighted by molar-refractivity contribution is 7.92. The molecule has 0 aliphatic carbocycles. The third-order valence-electron chi connectivity index (χ3n) is 2.49. The molecule has 0 bridgehead atoms. The molecule has 1 aromatic heterocycles. The summed E-state index contributed by atoms with van der Waals surface area (Å²) in [5.74, 6) is 0. The van der Waals surface area contributed by atoms with Gasteiger partial charge in [-0.3, -0.25) is 9.40 Å². The van der Waals surface area contributed by atoms with Crippen molar-refractivity contribution in [3.63, 3.8) is 0 Å². The number of nitrogens with two attached hydrogens (primary N) is 1. The molecule has 3 N–H and O–H groups in total.